The van der Waals surface area contributed by atoms with Gasteiger partial charge in [0.15, 0.2) is 0 Å². The first-order chi connectivity index (χ1) is 11.2. The van der Waals surface area contributed by atoms with Gasteiger partial charge in [0.25, 0.3) is 0 Å². The summed E-state index contributed by atoms with van der Waals surface area (Å²) < 4.78 is 2.29. The molecule has 1 aromatic carbocycles. The number of hydrogen-bond acceptors (Lipinski definition) is 2. The number of nitrogens with zero attached hydrogens (tertiary/aromatic N) is 2. The Morgan fingerprint density at radius 1 is 1.09 bits per heavy atom. The van der Waals surface area contributed by atoms with Gasteiger partial charge in [0.05, 0.1) is 11.0 Å². The van der Waals surface area contributed by atoms with Crippen LogP contribution < -0.4 is 0 Å². The molecule has 0 unspecified atom stereocenters. The van der Waals surface area contributed by atoms with Gasteiger partial charge in [-0.05, 0) is 31.4 Å². The highest BCUT2D eigenvalue weighted by Crippen LogP contribution is 2.19. The van der Waals surface area contributed by atoms with Gasteiger partial charge in [0, 0.05) is 19.4 Å². The molecule has 126 valence electrons. The van der Waals surface area contributed by atoms with Crippen LogP contribution in [0.2, 0.25) is 0 Å². The number of aryl methyl sites for hydroxylation is 2. The molecule has 1 aromatic heterocycles. The van der Waals surface area contributed by atoms with Gasteiger partial charge >= 0.3 is 5.97 Å². The molecule has 0 saturated carbocycles. The Bertz CT molecular complexity index is 619. The van der Waals surface area contributed by atoms with Gasteiger partial charge in [-0.25, -0.2) is 4.98 Å². The standard InChI is InChI=1S/C19H28N2O2/c1-2-3-4-5-6-13-18-20-16-11-7-8-12-17(16)21(18)15-10-9-14-19(22)23/h7-8,11-12H,2-6,9-10,13-15H2,1H3,(H,22,23). The van der Waals surface area contributed by atoms with Crippen LogP contribution in [0, 0.1) is 0 Å². The topological polar surface area (TPSA) is 55.1 Å². The van der Waals surface area contributed by atoms with Crippen LogP contribution in [0.5, 0.6) is 0 Å². The molecule has 0 aliphatic heterocycles. The second-order valence-electron chi connectivity index (χ2n) is 6.18. The van der Waals surface area contributed by atoms with E-state index in [4.69, 9.17) is 10.1 Å². The summed E-state index contributed by atoms with van der Waals surface area (Å²) in [6.07, 6.45) is 9.18. The lowest BCUT2D eigenvalue weighted by molar-refractivity contribution is -0.137. The van der Waals surface area contributed by atoms with Crippen molar-refractivity contribution in [3.8, 4) is 0 Å². The van der Waals surface area contributed by atoms with Gasteiger partial charge in [-0.2, -0.15) is 0 Å². The predicted octanol–water partition coefficient (Wildman–Crippen LogP) is 4.80. The minimum atomic E-state index is -0.711. The maximum atomic E-state index is 10.6. The van der Waals surface area contributed by atoms with Gasteiger partial charge in [-0.3, -0.25) is 4.79 Å². The number of carboxylic acids is 1. The number of aliphatic carboxylic acids is 1. The quantitative estimate of drug-likeness (QED) is 0.606. The highest BCUT2D eigenvalue weighted by atomic mass is 16.4. The molecule has 0 radical (unpaired) electrons. The molecule has 0 bridgehead atoms. The summed E-state index contributed by atoms with van der Waals surface area (Å²) in [6.45, 7) is 3.09. The van der Waals surface area contributed by atoms with Crippen LogP contribution in [-0.4, -0.2) is 20.6 Å². The summed E-state index contributed by atoms with van der Waals surface area (Å²) in [5, 5.41) is 8.76. The van der Waals surface area contributed by atoms with Gasteiger partial charge < -0.3 is 9.67 Å². The largest absolute Gasteiger partial charge is 0.481 e. The van der Waals surface area contributed by atoms with Crippen molar-refractivity contribution in [1.29, 1.82) is 0 Å². The predicted molar refractivity (Wildman–Crippen MR) is 93.7 cm³/mol. The zero-order valence-electron chi connectivity index (χ0n) is 14.1. The maximum absolute atomic E-state index is 10.6. The summed E-state index contributed by atoms with van der Waals surface area (Å²) in [6, 6.07) is 8.24. The number of para-hydroxylation sites is 2. The number of rotatable bonds is 11. The molecule has 1 heterocycles. The molecule has 2 aromatic rings. The van der Waals surface area contributed by atoms with Crippen LogP contribution in [-0.2, 0) is 17.8 Å². The van der Waals surface area contributed by atoms with E-state index in [2.05, 4.69) is 23.6 Å². The second kappa shape index (κ2) is 9.33. The number of aromatic nitrogens is 2. The van der Waals surface area contributed by atoms with Gasteiger partial charge in [-0.1, -0.05) is 44.7 Å². The summed E-state index contributed by atoms with van der Waals surface area (Å²) in [7, 11) is 0. The van der Waals surface area contributed by atoms with Crippen molar-refractivity contribution >= 4 is 17.0 Å². The van der Waals surface area contributed by atoms with E-state index in [0.717, 1.165) is 37.1 Å². The summed E-state index contributed by atoms with van der Waals surface area (Å²) >= 11 is 0. The van der Waals surface area contributed by atoms with E-state index >= 15 is 0 Å². The van der Waals surface area contributed by atoms with Crippen molar-refractivity contribution in [2.75, 3.05) is 0 Å². The molecular weight excluding hydrogens is 288 g/mol. The van der Waals surface area contributed by atoms with Crippen LogP contribution in [0.3, 0.4) is 0 Å². The lowest BCUT2D eigenvalue weighted by Crippen LogP contribution is -2.05. The van der Waals surface area contributed by atoms with E-state index in [1.54, 1.807) is 0 Å². The summed E-state index contributed by atoms with van der Waals surface area (Å²) in [5.41, 5.74) is 2.22. The number of benzene rings is 1. The zero-order valence-corrected chi connectivity index (χ0v) is 14.1. The van der Waals surface area contributed by atoms with E-state index in [1.165, 1.54) is 37.6 Å². The highest BCUT2D eigenvalue weighted by Gasteiger charge is 2.10. The molecule has 0 amide bonds. The van der Waals surface area contributed by atoms with Crippen molar-refractivity contribution in [3.05, 3.63) is 30.1 Å². The van der Waals surface area contributed by atoms with Crippen molar-refractivity contribution in [3.63, 3.8) is 0 Å². The Labute approximate surface area is 138 Å². The van der Waals surface area contributed by atoms with E-state index < -0.39 is 5.97 Å². The second-order valence-corrected chi connectivity index (χ2v) is 6.18. The number of fused-ring (bicyclic) bond motifs is 1. The van der Waals surface area contributed by atoms with Crippen LogP contribution in [0.1, 0.15) is 64.1 Å². The average Bonchev–Trinajstić information content (AvgIpc) is 2.89. The molecule has 0 aliphatic rings. The normalized spacial score (nSPS) is 11.2. The molecule has 0 fully saturated rings. The molecule has 4 heteroatoms. The van der Waals surface area contributed by atoms with Crippen LogP contribution in [0.25, 0.3) is 11.0 Å². The molecule has 2 rings (SSSR count). The SMILES string of the molecule is CCCCCCCc1nc2ccccc2n1CCCCC(=O)O. The number of unbranched alkanes of at least 4 members (excludes halogenated alkanes) is 5. The molecule has 4 nitrogen and oxygen atoms in total. The molecule has 1 N–H and O–H groups in total. The Morgan fingerprint density at radius 2 is 1.87 bits per heavy atom. The first-order valence-electron chi connectivity index (χ1n) is 8.88. The third-order valence-electron chi connectivity index (χ3n) is 4.26. The van der Waals surface area contributed by atoms with E-state index in [9.17, 15) is 4.79 Å². The Morgan fingerprint density at radius 3 is 2.65 bits per heavy atom. The third-order valence-corrected chi connectivity index (χ3v) is 4.26. The monoisotopic (exact) mass is 316 g/mol. The maximum Gasteiger partial charge on any atom is 0.303 e. The van der Waals surface area contributed by atoms with Gasteiger partial charge in [0.1, 0.15) is 5.82 Å². The zero-order chi connectivity index (χ0) is 16.5. The average molecular weight is 316 g/mol. The smallest absolute Gasteiger partial charge is 0.303 e. The van der Waals surface area contributed by atoms with Crippen molar-refractivity contribution in [2.45, 2.75) is 71.3 Å². The number of hydrogen-bond donors (Lipinski definition) is 1. The Hall–Kier alpha value is -1.84. The number of carboxylic acid groups (broad SMARTS) is 1. The summed E-state index contributed by atoms with van der Waals surface area (Å²) in [4.78, 5) is 15.4. The minimum Gasteiger partial charge on any atom is -0.481 e. The first kappa shape index (κ1) is 17.5. The lowest BCUT2D eigenvalue weighted by atomic mass is 10.1. The van der Waals surface area contributed by atoms with Crippen LogP contribution in [0.4, 0.5) is 0 Å². The fourth-order valence-corrected chi connectivity index (χ4v) is 3.00. The van der Waals surface area contributed by atoms with E-state index in [1.807, 2.05) is 12.1 Å². The highest BCUT2D eigenvalue weighted by molar-refractivity contribution is 5.75. The Balaban J connectivity index is 1.99. The third kappa shape index (κ3) is 5.38. The van der Waals surface area contributed by atoms with E-state index in [-0.39, 0.29) is 6.42 Å². The van der Waals surface area contributed by atoms with Crippen LogP contribution >= 0.6 is 0 Å². The number of imidazole rings is 1. The number of carbonyl (C=O) groups is 1. The molecule has 23 heavy (non-hydrogen) atoms. The molecule has 0 spiro atoms. The van der Waals surface area contributed by atoms with Crippen LogP contribution in [0.15, 0.2) is 24.3 Å². The van der Waals surface area contributed by atoms with Gasteiger partial charge in [-0.15, -0.1) is 0 Å². The summed E-state index contributed by atoms with van der Waals surface area (Å²) in [5.74, 6) is 0.440. The fourth-order valence-electron chi connectivity index (χ4n) is 3.00. The van der Waals surface area contributed by atoms with E-state index in [0.29, 0.717) is 0 Å². The van der Waals surface area contributed by atoms with Gasteiger partial charge in [0.2, 0.25) is 0 Å². The van der Waals surface area contributed by atoms with Crippen molar-refractivity contribution in [2.24, 2.45) is 0 Å². The molecule has 0 saturated heterocycles. The lowest BCUT2D eigenvalue weighted by Gasteiger charge is -2.09. The minimum absolute atomic E-state index is 0.249. The van der Waals surface area contributed by atoms with Crippen molar-refractivity contribution in [1.82, 2.24) is 9.55 Å². The van der Waals surface area contributed by atoms with Crippen molar-refractivity contribution < 1.29 is 9.90 Å². The molecule has 0 atom stereocenters. The molecule has 0 aliphatic carbocycles. The Kier molecular flexibility index (Phi) is 7.11. The molecular formula is C19H28N2O2. The first-order valence-corrected chi connectivity index (χ1v) is 8.88. The fraction of sp³-hybridized carbons (Fsp3) is 0.579.